The van der Waals surface area contributed by atoms with Crippen molar-refractivity contribution >= 4 is 23.2 Å². The molecule has 4 aromatic rings. The SMILES string of the molecule is O=C([O-])CC(NC(=O)c1cc(-c2ccc(-c3ccncc3)cc2)cs1)c1ccccc1. The quantitative estimate of drug-likeness (QED) is 0.482. The number of hydrogen-bond acceptors (Lipinski definition) is 5. The topological polar surface area (TPSA) is 82.1 Å². The van der Waals surface area contributed by atoms with Gasteiger partial charge in [0.1, 0.15) is 0 Å². The predicted octanol–water partition coefficient (Wildman–Crippen LogP) is 4.09. The van der Waals surface area contributed by atoms with E-state index < -0.39 is 12.0 Å². The van der Waals surface area contributed by atoms with Gasteiger partial charge < -0.3 is 15.2 Å². The van der Waals surface area contributed by atoms with Crippen molar-refractivity contribution in [2.45, 2.75) is 12.5 Å². The number of nitrogens with zero attached hydrogens (tertiary/aromatic N) is 1. The number of rotatable bonds is 7. The van der Waals surface area contributed by atoms with E-state index in [1.165, 1.54) is 11.3 Å². The molecule has 0 saturated carbocycles. The van der Waals surface area contributed by atoms with Gasteiger partial charge in [-0.05, 0) is 51.4 Å². The van der Waals surface area contributed by atoms with Crippen LogP contribution in [0.3, 0.4) is 0 Å². The molecule has 0 saturated heterocycles. The summed E-state index contributed by atoms with van der Waals surface area (Å²) in [4.78, 5) is 28.5. The lowest BCUT2D eigenvalue weighted by molar-refractivity contribution is -0.306. The highest BCUT2D eigenvalue weighted by molar-refractivity contribution is 7.12. The number of aromatic nitrogens is 1. The summed E-state index contributed by atoms with van der Waals surface area (Å²) in [6.45, 7) is 0. The van der Waals surface area contributed by atoms with Crippen LogP contribution >= 0.6 is 11.3 Å². The maximum Gasteiger partial charge on any atom is 0.261 e. The fraction of sp³-hybridized carbons (Fsp3) is 0.0800. The smallest absolute Gasteiger partial charge is 0.261 e. The molecule has 0 radical (unpaired) electrons. The average molecular weight is 428 g/mol. The van der Waals surface area contributed by atoms with Crippen LogP contribution in [0.1, 0.15) is 27.7 Å². The predicted molar refractivity (Wildman–Crippen MR) is 119 cm³/mol. The van der Waals surface area contributed by atoms with Crippen molar-refractivity contribution in [2.75, 3.05) is 0 Å². The third-order valence-corrected chi connectivity index (χ3v) is 5.86. The van der Waals surface area contributed by atoms with Gasteiger partial charge in [0.15, 0.2) is 0 Å². The summed E-state index contributed by atoms with van der Waals surface area (Å²) in [5.41, 5.74) is 4.85. The van der Waals surface area contributed by atoms with Crippen LogP contribution in [0, 0.1) is 0 Å². The molecule has 4 rings (SSSR count). The highest BCUT2D eigenvalue weighted by Crippen LogP contribution is 2.29. The van der Waals surface area contributed by atoms with E-state index in [-0.39, 0.29) is 12.3 Å². The molecule has 0 aliphatic rings. The van der Waals surface area contributed by atoms with E-state index in [2.05, 4.69) is 10.3 Å². The van der Waals surface area contributed by atoms with Crippen LogP contribution in [-0.2, 0) is 4.79 Å². The van der Waals surface area contributed by atoms with Gasteiger partial charge in [0.2, 0.25) is 0 Å². The Hall–Kier alpha value is -3.77. The molecular weight excluding hydrogens is 408 g/mol. The van der Waals surface area contributed by atoms with Gasteiger partial charge in [-0.25, -0.2) is 0 Å². The monoisotopic (exact) mass is 427 g/mol. The van der Waals surface area contributed by atoms with Crippen LogP contribution < -0.4 is 10.4 Å². The van der Waals surface area contributed by atoms with Crippen molar-refractivity contribution < 1.29 is 14.7 Å². The summed E-state index contributed by atoms with van der Waals surface area (Å²) in [6, 6.07) is 22.2. The molecule has 1 unspecified atom stereocenters. The van der Waals surface area contributed by atoms with Gasteiger partial charge in [-0.3, -0.25) is 9.78 Å². The Morgan fingerprint density at radius 3 is 2.13 bits per heavy atom. The number of carboxylic acid groups (broad SMARTS) is 1. The van der Waals surface area contributed by atoms with Gasteiger partial charge in [0.25, 0.3) is 5.91 Å². The first-order valence-corrected chi connectivity index (χ1v) is 10.6. The molecule has 2 aromatic carbocycles. The maximum atomic E-state index is 12.8. The van der Waals surface area contributed by atoms with Gasteiger partial charge in [0.05, 0.1) is 10.9 Å². The number of benzene rings is 2. The van der Waals surface area contributed by atoms with E-state index >= 15 is 0 Å². The molecule has 0 bridgehead atoms. The third kappa shape index (κ3) is 5.05. The zero-order valence-corrected chi connectivity index (χ0v) is 17.3. The van der Waals surface area contributed by atoms with Crippen LogP contribution in [0.15, 0.2) is 90.6 Å². The van der Waals surface area contributed by atoms with E-state index in [9.17, 15) is 14.7 Å². The van der Waals surface area contributed by atoms with Gasteiger partial charge in [-0.15, -0.1) is 11.3 Å². The van der Waals surface area contributed by atoms with Crippen molar-refractivity contribution in [3.05, 3.63) is 101 Å². The lowest BCUT2D eigenvalue weighted by Gasteiger charge is -2.19. The summed E-state index contributed by atoms with van der Waals surface area (Å²) in [5, 5.41) is 15.9. The molecule has 1 amide bonds. The molecule has 1 atom stereocenters. The van der Waals surface area contributed by atoms with Crippen LogP contribution in [0.25, 0.3) is 22.3 Å². The van der Waals surface area contributed by atoms with E-state index in [1.54, 1.807) is 24.5 Å². The molecule has 31 heavy (non-hydrogen) atoms. The zero-order valence-electron chi connectivity index (χ0n) is 16.5. The Labute approximate surface area is 184 Å². The van der Waals surface area contributed by atoms with Crippen molar-refractivity contribution in [1.82, 2.24) is 10.3 Å². The Kier molecular flexibility index (Phi) is 6.19. The van der Waals surface area contributed by atoms with Crippen molar-refractivity contribution in [2.24, 2.45) is 0 Å². The fourth-order valence-corrected chi connectivity index (χ4v) is 4.16. The van der Waals surface area contributed by atoms with Crippen molar-refractivity contribution in [3.63, 3.8) is 0 Å². The number of thiophene rings is 1. The summed E-state index contributed by atoms with van der Waals surface area (Å²) in [7, 11) is 0. The second kappa shape index (κ2) is 9.36. The highest BCUT2D eigenvalue weighted by Gasteiger charge is 2.17. The average Bonchev–Trinajstić information content (AvgIpc) is 3.30. The Bertz CT molecular complexity index is 1170. The first-order chi connectivity index (χ1) is 15.1. The fourth-order valence-electron chi connectivity index (χ4n) is 3.34. The number of pyridine rings is 1. The van der Waals surface area contributed by atoms with Crippen molar-refractivity contribution in [1.29, 1.82) is 0 Å². The minimum absolute atomic E-state index is 0.287. The molecule has 2 aromatic heterocycles. The summed E-state index contributed by atoms with van der Waals surface area (Å²) in [6.07, 6.45) is 3.23. The number of aliphatic carboxylic acids is 1. The molecule has 0 aliphatic heterocycles. The normalized spacial score (nSPS) is 11.6. The van der Waals surface area contributed by atoms with E-state index in [4.69, 9.17) is 0 Å². The molecule has 154 valence electrons. The minimum Gasteiger partial charge on any atom is -0.550 e. The van der Waals surface area contributed by atoms with Gasteiger partial charge in [-0.2, -0.15) is 0 Å². The zero-order chi connectivity index (χ0) is 21.6. The van der Waals surface area contributed by atoms with E-state index in [0.29, 0.717) is 4.88 Å². The number of nitrogens with one attached hydrogen (secondary N) is 1. The number of carbonyl (C=O) groups is 2. The number of amides is 1. The number of carbonyl (C=O) groups excluding carboxylic acids is 2. The second-order valence-electron chi connectivity index (χ2n) is 7.03. The number of carboxylic acids is 1. The molecule has 0 spiro atoms. The minimum atomic E-state index is -1.21. The lowest BCUT2D eigenvalue weighted by Crippen LogP contribution is -2.33. The summed E-state index contributed by atoms with van der Waals surface area (Å²) >= 11 is 1.33. The molecule has 5 nitrogen and oxygen atoms in total. The first kappa shape index (κ1) is 20.5. The molecule has 0 aliphatic carbocycles. The first-order valence-electron chi connectivity index (χ1n) is 9.75. The van der Waals surface area contributed by atoms with Gasteiger partial charge in [-0.1, -0.05) is 54.6 Å². The molecule has 1 N–H and O–H groups in total. The van der Waals surface area contributed by atoms with E-state index in [1.807, 2.05) is 66.0 Å². The summed E-state index contributed by atoms with van der Waals surface area (Å²) in [5.74, 6) is -1.52. The lowest BCUT2D eigenvalue weighted by atomic mass is 10.0. The standard InChI is InChI=1S/C25H20N2O3S/c28-24(29)15-22(20-4-2-1-3-5-20)27-25(30)23-14-21(16-31-23)18-8-6-17(7-9-18)19-10-12-26-13-11-19/h1-14,16,22H,15H2,(H,27,30)(H,28,29)/p-1. The Morgan fingerprint density at radius 2 is 1.48 bits per heavy atom. The Morgan fingerprint density at radius 1 is 0.871 bits per heavy atom. The molecule has 6 heteroatoms. The van der Waals surface area contributed by atoms with Gasteiger partial charge >= 0.3 is 0 Å². The Balaban J connectivity index is 1.50. The van der Waals surface area contributed by atoms with Gasteiger partial charge in [0, 0.05) is 24.8 Å². The summed E-state index contributed by atoms with van der Waals surface area (Å²) < 4.78 is 0. The third-order valence-electron chi connectivity index (χ3n) is 4.93. The second-order valence-corrected chi connectivity index (χ2v) is 7.94. The molecule has 2 heterocycles. The van der Waals surface area contributed by atoms with Crippen LogP contribution in [-0.4, -0.2) is 16.9 Å². The molecular formula is C25H19N2O3S-. The van der Waals surface area contributed by atoms with Crippen LogP contribution in [0.4, 0.5) is 0 Å². The van der Waals surface area contributed by atoms with E-state index in [0.717, 1.165) is 27.8 Å². The van der Waals surface area contributed by atoms with Crippen LogP contribution in [0.2, 0.25) is 0 Å². The van der Waals surface area contributed by atoms with Crippen molar-refractivity contribution in [3.8, 4) is 22.3 Å². The van der Waals surface area contributed by atoms with Crippen LogP contribution in [0.5, 0.6) is 0 Å². The highest BCUT2D eigenvalue weighted by atomic mass is 32.1. The maximum absolute atomic E-state index is 12.8. The largest absolute Gasteiger partial charge is 0.550 e. The number of hydrogen-bond donors (Lipinski definition) is 1. The molecule has 0 fully saturated rings.